The Bertz CT molecular complexity index is 123. The van der Waals surface area contributed by atoms with Gasteiger partial charge < -0.3 is 5.32 Å². The van der Waals surface area contributed by atoms with Crippen LogP contribution in [0.5, 0.6) is 0 Å². The van der Waals surface area contributed by atoms with Gasteiger partial charge in [-0.1, -0.05) is 6.08 Å². The van der Waals surface area contributed by atoms with Crippen molar-refractivity contribution in [3.63, 3.8) is 0 Å². The lowest BCUT2D eigenvalue weighted by atomic mass is 10.5. The minimum atomic E-state index is 1.74. The van der Waals surface area contributed by atoms with Gasteiger partial charge in [-0.25, -0.2) is 0 Å². The second-order valence-corrected chi connectivity index (χ2v) is 1.44. The normalized spacial score (nSPS) is 12.2. The lowest BCUT2D eigenvalue weighted by Crippen LogP contribution is -1.89. The average Bonchev–Trinajstić information content (AvgIpc) is 1.89. The average molecular weight is 124 g/mol. The highest BCUT2D eigenvalue weighted by Gasteiger charge is 1.58. The Kier molecular flexibility index (Phi) is 6.14. The number of rotatable bonds is 3. The van der Waals surface area contributed by atoms with E-state index >= 15 is 0 Å². The standard InChI is InChI=1S/C7H12N2/c1-8-6-4-3-5-7-9-2/h3-8H,1-2H3/b5-3+,6-4+,9-7+. The smallest absolute Gasteiger partial charge is 0.0277 e. The van der Waals surface area contributed by atoms with Gasteiger partial charge in [-0.2, -0.15) is 0 Å². The van der Waals surface area contributed by atoms with Gasteiger partial charge in [0, 0.05) is 20.3 Å². The second-order valence-electron chi connectivity index (χ2n) is 1.44. The van der Waals surface area contributed by atoms with Crippen LogP contribution in [0.15, 0.2) is 29.4 Å². The minimum Gasteiger partial charge on any atom is -0.394 e. The summed E-state index contributed by atoms with van der Waals surface area (Å²) in [6.07, 6.45) is 9.26. The van der Waals surface area contributed by atoms with Crippen molar-refractivity contribution in [3.05, 3.63) is 24.4 Å². The molecule has 0 spiro atoms. The van der Waals surface area contributed by atoms with Gasteiger partial charge in [0.15, 0.2) is 0 Å². The summed E-state index contributed by atoms with van der Waals surface area (Å²) >= 11 is 0. The molecule has 0 bridgehead atoms. The molecule has 0 unspecified atom stereocenters. The molecule has 0 radical (unpaired) electrons. The molecule has 0 aromatic rings. The summed E-state index contributed by atoms with van der Waals surface area (Å²) < 4.78 is 0. The molecule has 0 aliphatic carbocycles. The third-order valence-electron chi connectivity index (χ3n) is 0.720. The van der Waals surface area contributed by atoms with E-state index in [1.54, 1.807) is 13.3 Å². The van der Waals surface area contributed by atoms with E-state index in [2.05, 4.69) is 10.3 Å². The van der Waals surface area contributed by atoms with Gasteiger partial charge in [0.2, 0.25) is 0 Å². The summed E-state index contributed by atoms with van der Waals surface area (Å²) in [5.74, 6) is 0. The molecule has 0 amide bonds. The Balaban J connectivity index is 3.35. The Morgan fingerprint density at radius 3 is 2.56 bits per heavy atom. The van der Waals surface area contributed by atoms with E-state index in [4.69, 9.17) is 0 Å². The summed E-state index contributed by atoms with van der Waals surface area (Å²) in [4.78, 5) is 3.77. The first-order valence-corrected chi connectivity index (χ1v) is 2.83. The molecule has 0 heterocycles. The Morgan fingerprint density at radius 1 is 1.22 bits per heavy atom. The highest BCUT2D eigenvalue weighted by molar-refractivity contribution is 5.71. The number of nitrogens with one attached hydrogen (secondary N) is 1. The van der Waals surface area contributed by atoms with E-state index < -0.39 is 0 Å². The third kappa shape index (κ3) is 6.95. The van der Waals surface area contributed by atoms with Crippen molar-refractivity contribution < 1.29 is 0 Å². The van der Waals surface area contributed by atoms with Crippen LogP contribution in [-0.4, -0.2) is 20.3 Å². The summed E-state index contributed by atoms with van der Waals surface area (Å²) in [5, 5.41) is 2.87. The SMILES string of the molecule is C/N=C/C=C/C=C/NC. The van der Waals surface area contributed by atoms with E-state index in [9.17, 15) is 0 Å². The zero-order valence-corrected chi connectivity index (χ0v) is 5.83. The van der Waals surface area contributed by atoms with Crippen molar-refractivity contribution in [2.24, 2.45) is 4.99 Å². The van der Waals surface area contributed by atoms with E-state index in [-0.39, 0.29) is 0 Å². The Labute approximate surface area is 56.0 Å². The largest absolute Gasteiger partial charge is 0.394 e. The van der Waals surface area contributed by atoms with Crippen LogP contribution in [0.3, 0.4) is 0 Å². The van der Waals surface area contributed by atoms with Crippen molar-refractivity contribution in [2.45, 2.75) is 0 Å². The molecule has 0 aliphatic rings. The monoisotopic (exact) mass is 124 g/mol. The van der Waals surface area contributed by atoms with Crippen molar-refractivity contribution >= 4 is 6.21 Å². The van der Waals surface area contributed by atoms with E-state index in [1.807, 2.05) is 31.5 Å². The first-order valence-electron chi connectivity index (χ1n) is 2.83. The van der Waals surface area contributed by atoms with Crippen LogP contribution >= 0.6 is 0 Å². The second kappa shape index (κ2) is 6.95. The fourth-order valence-corrected chi connectivity index (χ4v) is 0.352. The lowest BCUT2D eigenvalue weighted by Gasteiger charge is -1.78. The van der Waals surface area contributed by atoms with Gasteiger partial charge in [0.05, 0.1) is 0 Å². The van der Waals surface area contributed by atoms with Crippen molar-refractivity contribution in [2.75, 3.05) is 14.1 Å². The zero-order valence-electron chi connectivity index (χ0n) is 5.83. The quantitative estimate of drug-likeness (QED) is 0.440. The maximum absolute atomic E-state index is 3.77. The van der Waals surface area contributed by atoms with Crippen LogP contribution in [-0.2, 0) is 0 Å². The molecule has 0 atom stereocenters. The van der Waals surface area contributed by atoms with Crippen LogP contribution in [0.4, 0.5) is 0 Å². The molecule has 50 valence electrons. The maximum atomic E-state index is 3.77. The van der Waals surface area contributed by atoms with Gasteiger partial charge in [0.25, 0.3) is 0 Å². The van der Waals surface area contributed by atoms with Crippen molar-refractivity contribution in [3.8, 4) is 0 Å². The topological polar surface area (TPSA) is 24.4 Å². The van der Waals surface area contributed by atoms with E-state index in [1.165, 1.54) is 0 Å². The third-order valence-corrected chi connectivity index (χ3v) is 0.720. The van der Waals surface area contributed by atoms with Crippen molar-refractivity contribution in [1.29, 1.82) is 0 Å². The minimum absolute atomic E-state index is 1.74. The maximum Gasteiger partial charge on any atom is 0.0277 e. The molecule has 0 aromatic carbocycles. The molecule has 0 fully saturated rings. The fraction of sp³-hybridized carbons (Fsp3) is 0.286. The van der Waals surface area contributed by atoms with Gasteiger partial charge >= 0.3 is 0 Å². The van der Waals surface area contributed by atoms with Crippen LogP contribution in [0.25, 0.3) is 0 Å². The molecular weight excluding hydrogens is 112 g/mol. The van der Waals surface area contributed by atoms with Gasteiger partial charge in [-0.15, -0.1) is 0 Å². The lowest BCUT2D eigenvalue weighted by molar-refractivity contribution is 1.10. The zero-order chi connectivity index (χ0) is 6.95. The number of nitrogens with zero attached hydrogens (tertiary/aromatic N) is 1. The van der Waals surface area contributed by atoms with Gasteiger partial charge in [-0.05, 0) is 18.4 Å². The summed E-state index contributed by atoms with van der Waals surface area (Å²) in [7, 11) is 3.60. The predicted octanol–water partition coefficient (Wildman–Crippen LogP) is 0.976. The van der Waals surface area contributed by atoms with E-state index in [0.717, 1.165) is 0 Å². The first-order chi connectivity index (χ1) is 4.41. The molecule has 0 saturated carbocycles. The molecule has 9 heavy (non-hydrogen) atoms. The summed E-state index contributed by atoms with van der Waals surface area (Å²) in [6.45, 7) is 0. The van der Waals surface area contributed by atoms with E-state index in [0.29, 0.717) is 0 Å². The number of hydrogen-bond donors (Lipinski definition) is 1. The van der Waals surface area contributed by atoms with Crippen LogP contribution in [0, 0.1) is 0 Å². The highest BCUT2D eigenvalue weighted by atomic mass is 14.8. The number of allylic oxidation sites excluding steroid dienone is 3. The Morgan fingerprint density at radius 2 is 2.00 bits per heavy atom. The van der Waals surface area contributed by atoms with Crippen molar-refractivity contribution in [1.82, 2.24) is 5.32 Å². The number of aliphatic imine (C=N–C) groups is 1. The molecule has 0 saturated heterocycles. The fourth-order valence-electron chi connectivity index (χ4n) is 0.352. The first kappa shape index (κ1) is 7.95. The van der Waals surface area contributed by atoms with Gasteiger partial charge in [0.1, 0.15) is 0 Å². The van der Waals surface area contributed by atoms with Crippen LogP contribution < -0.4 is 5.32 Å². The number of hydrogen-bond acceptors (Lipinski definition) is 2. The summed E-state index contributed by atoms with van der Waals surface area (Å²) in [5.41, 5.74) is 0. The van der Waals surface area contributed by atoms with Crippen LogP contribution in [0.1, 0.15) is 0 Å². The molecule has 2 heteroatoms. The molecule has 0 aromatic heterocycles. The molecular formula is C7H12N2. The Hall–Kier alpha value is -1.05. The van der Waals surface area contributed by atoms with Crippen LogP contribution in [0.2, 0.25) is 0 Å². The predicted molar refractivity (Wildman–Crippen MR) is 41.8 cm³/mol. The molecule has 0 rings (SSSR count). The summed E-state index contributed by atoms with van der Waals surface area (Å²) in [6, 6.07) is 0. The molecule has 0 aliphatic heterocycles. The highest BCUT2D eigenvalue weighted by Crippen LogP contribution is 1.70. The molecule has 1 N–H and O–H groups in total. The van der Waals surface area contributed by atoms with Gasteiger partial charge in [-0.3, -0.25) is 4.99 Å². The molecule has 2 nitrogen and oxygen atoms in total.